The van der Waals surface area contributed by atoms with Crippen molar-refractivity contribution in [1.82, 2.24) is 0 Å². The molecule has 1 aliphatic rings. The molecule has 0 N–H and O–H groups in total. The molecular weight excluding hydrogens is 232 g/mol. The highest BCUT2D eigenvalue weighted by atomic mass is 15.4. The van der Waals surface area contributed by atoms with Crippen molar-refractivity contribution in [2.24, 2.45) is 10.8 Å². The highest BCUT2D eigenvalue weighted by Crippen LogP contribution is 2.40. The van der Waals surface area contributed by atoms with Gasteiger partial charge in [0, 0.05) is 13.1 Å². The summed E-state index contributed by atoms with van der Waals surface area (Å²) in [5.74, 6) is 0. The molecule has 0 saturated heterocycles. The van der Waals surface area contributed by atoms with Gasteiger partial charge >= 0.3 is 0 Å². The summed E-state index contributed by atoms with van der Waals surface area (Å²) in [5.41, 5.74) is 3.08. The normalized spacial score (nSPS) is 15.9. The van der Waals surface area contributed by atoms with Crippen molar-refractivity contribution in [2.45, 2.75) is 41.5 Å². The van der Waals surface area contributed by atoms with Crippen LogP contribution in [-0.4, -0.2) is 13.1 Å². The largest absolute Gasteiger partial charge is 0.339 e. The van der Waals surface area contributed by atoms with Gasteiger partial charge in [-0.05, 0) is 23.0 Å². The van der Waals surface area contributed by atoms with Crippen LogP contribution in [0.5, 0.6) is 0 Å². The average molecular weight is 258 g/mol. The summed E-state index contributed by atoms with van der Waals surface area (Å²) < 4.78 is 0. The molecular formula is C17H26N2. The van der Waals surface area contributed by atoms with Gasteiger partial charge in [0.1, 0.15) is 0 Å². The zero-order valence-corrected chi connectivity index (χ0v) is 13.1. The molecule has 2 heteroatoms. The van der Waals surface area contributed by atoms with Crippen LogP contribution in [0.15, 0.2) is 24.3 Å². The third kappa shape index (κ3) is 3.65. The fourth-order valence-corrected chi connectivity index (χ4v) is 2.36. The number of nitrogens with zero attached hydrogens (tertiary/aromatic N) is 2. The molecule has 104 valence electrons. The Morgan fingerprint density at radius 1 is 0.789 bits per heavy atom. The molecule has 19 heavy (non-hydrogen) atoms. The van der Waals surface area contributed by atoms with Crippen LogP contribution in [0.2, 0.25) is 0 Å². The van der Waals surface area contributed by atoms with Crippen molar-refractivity contribution in [3.05, 3.63) is 30.9 Å². The van der Waals surface area contributed by atoms with Crippen molar-refractivity contribution < 1.29 is 0 Å². The molecule has 1 aromatic rings. The summed E-state index contributed by atoms with van der Waals surface area (Å²) >= 11 is 0. The molecule has 0 fully saturated rings. The average Bonchev–Trinajstić information content (AvgIpc) is 2.53. The molecule has 0 unspecified atom stereocenters. The van der Waals surface area contributed by atoms with E-state index in [9.17, 15) is 0 Å². The minimum Gasteiger partial charge on any atom is -0.339 e. The SMILES string of the molecule is CC(C)(C)CN1[C]N(CC(C)(C)C)c2ccccc21. The van der Waals surface area contributed by atoms with Crippen LogP contribution in [0.1, 0.15) is 41.5 Å². The number of hydrogen-bond donors (Lipinski definition) is 0. The Morgan fingerprint density at radius 3 is 1.47 bits per heavy atom. The molecule has 0 spiro atoms. The molecule has 0 bridgehead atoms. The number of rotatable bonds is 2. The van der Waals surface area contributed by atoms with Crippen molar-refractivity contribution >= 4 is 11.4 Å². The van der Waals surface area contributed by atoms with E-state index >= 15 is 0 Å². The van der Waals surface area contributed by atoms with Crippen LogP contribution < -0.4 is 9.80 Å². The van der Waals surface area contributed by atoms with Crippen LogP contribution in [0.25, 0.3) is 0 Å². The molecule has 1 aromatic carbocycles. The third-order valence-electron chi connectivity index (χ3n) is 2.97. The first-order chi connectivity index (χ1) is 8.66. The Balaban J connectivity index is 2.23. The van der Waals surface area contributed by atoms with E-state index in [0.717, 1.165) is 13.1 Å². The maximum absolute atomic E-state index is 3.54. The molecule has 0 atom stereocenters. The van der Waals surface area contributed by atoms with Gasteiger partial charge in [0.25, 0.3) is 0 Å². The van der Waals surface area contributed by atoms with Crippen molar-refractivity contribution in [1.29, 1.82) is 0 Å². The van der Waals surface area contributed by atoms with E-state index in [1.807, 2.05) is 0 Å². The van der Waals surface area contributed by atoms with Gasteiger partial charge in [-0.25, -0.2) is 0 Å². The summed E-state index contributed by atoms with van der Waals surface area (Å²) in [6.45, 7) is 19.1. The van der Waals surface area contributed by atoms with E-state index in [2.05, 4.69) is 82.3 Å². The molecule has 0 amide bonds. The van der Waals surface area contributed by atoms with Gasteiger partial charge in [0.15, 0.2) is 0 Å². The minimum absolute atomic E-state index is 0.262. The molecule has 2 radical (unpaired) electrons. The lowest BCUT2D eigenvalue weighted by molar-refractivity contribution is 0.406. The summed E-state index contributed by atoms with van der Waals surface area (Å²) in [7, 11) is 0. The monoisotopic (exact) mass is 258 g/mol. The first-order valence-electron chi connectivity index (χ1n) is 7.06. The lowest BCUT2D eigenvalue weighted by Gasteiger charge is -2.29. The van der Waals surface area contributed by atoms with E-state index in [1.165, 1.54) is 11.4 Å². The van der Waals surface area contributed by atoms with Crippen molar-refractivity contribution in [3.63, 3.8) is 0 Å². The third-order valence-corrected chi connectivity index (χ3v) is 2.97. The minimum atomic E-state index is 0.262. The quantitative estimate of drug-likeness (QED) is 0.775. The molecule has 1 heterocycles. The second-order valence-electron chi connectivity index (χ2n) is 7.88. The first-order valence-corrected chi connectivity index (χ1v) is 7.06. The number of benzene rings is 1. The predicted molar refractivity (Wildman–Crippen MR) is 83.3 cm³/mol. The molecule has 0 aliphatic carbocycles. The number of anilines is 2. The predicted octanol–water partition coefficient (Wildman–Crippen LogP) is 4.40. The van der Waals surface area contributed by atoms with E-state index in [1.54, 1.807) is 0 Å². The van der Waals surface area contributed by atoms with Gasteiger partial charge in [0.05, 0.1) is 11.4 Å². The van der Waals surface area contributed by atoms with E-state index < -0.39 is 0 Å². The van der Waals surface area contributed by atoms with Crippen LogP contribution in [-0.2, 0) is 0 Å². The molecule has 1 aliphatic heterocycles. The Kier molecular flexibility index (Phi) is 3.55. The van der Waals surface area contributed by atoms with Gasteiger partial charge in [-0.15, -0.1) is 0 Å². The Morgan fingerprint density at radius 2 is 1.16 bits per heavy atom. The Bertz CT molecular complexity index is 396. The maximum Gasteiger partial charge on any atom is 0.208 e. The summed E-state index contributed by atoms with van der Waals surface area (Å²) in [6.07, 6.45) is 0. The van der Waals surface area contributed by atoms with Crippen LogP contribution in [0, 0.1) is 17.5 Å². The highest BCUT2D eigenvalue weighted by molar-refractivity contribution is 5.78. The smallest absolute Gasteiger partial charge is 0.208 e. The van der Waals surface area contributed by atoms with E-state index in [-0.39, 0.29) is 10.8 Å². The van der Waals surface area contributed by atoms with Crippen molar-refractivity contribution in [2.75, 3.05) is 22.9 Å². The topological polar surface area (TPSA) is 6.48 Å². The summed E-state index contributed by atoms with van der Waals surface area (Å²) in [5, 5.41) is 0. The number of fused-ring (bicyclic) bond motifs is 1. The fourth-order valence-electron chi connectivity index (χ4n) is 2.36. The zero-order valence-electron chi connectivity index (χ0n) is 13.1. The van der Waals surface area contributed by atoms with Gasteiger partial charge < -0.3 is 9.80 Å². The second-order valence-corrected chi connectivity index (χ2v) is 7.88. The van der Waals surface area contributed by atoms with Gasteiger partial charge in [-0.3, -0.25) is 0 Å². The van der Waals surface area contributed by atoms with Gasteiger partial charge in [0.2, 0.25) is 6.67 Å². The van der Waals surface area contributed by atoms with Crippen LogP contribution in [0.4, 0.5) is 11.4 Å². The van der Waals surface area contributed by atoms with E-state index in [0.29, 0.717) is 0 Å². The maximum atomic E-state index is 3.54. The number of para-hydroxylation sites is 2. The van der Waals surface area contributed by atoms with Crippen LogP contribution in [0.3, 0.4) is 0 Å². The van der Waals surface area contributed by atoms with Gasteiger partial charge in [-0.1, -0.05) is 53.7 Å². The zero-order chi connectivity index (χ0) is 14.3. The lowest BCUT2D eigenvalue weighted by Crippen LogP contribution is -2.35. The van der Waals surface area contributed by atoms with Crippen LogP contribution >= 0.6 is 0 Å². The standard InChI is InChI=1S/C17H26N2/c1-16(2,3)11-18-13-19(12-17(4,5)6)15-10-8-7-9-14(15)18/h7-10H,11-12H2,1-6H3. The summed E-state index contributed by atoms with van der Waals surface area (Å²) in [4.78, 5) is 4.53. The highest BCUT2D eigenvalue weighted by Gasteiger charge is 2.31. The molecule has 0 saturated carbocycles. The first kappa shape index (κ1) is 14.2. The number of hydrogen-bond acceptors (Lipinski definition) is 2. The molecule has 0 aromatic heterocycles. The molecule has 2 rings (SSSR count). The Labute approximate surface area is 118 Å². The fraction of sp³-hybridized carbons (Fsp3) is 0.588. The Hall–Kier alpha value is -1.18. The van der Waals surface area contributed by atoms with Crippen molar-refractivity contribution in [3.8, 4) is 0 Å². The second kappa shape index (κ2) is 4.73. The molecule has 2 nitrogen and oxygen atoms in total. The lowest BCUT2D eigenvalue weighted by atomic mass is 9.96. The van der Waals surface area contributed by atoms with Gasteiger partial charge in [-0.2, -0.15) is 0 Å². The van der Waals surface area contributed by atoms with E-state index in [4.69, 9.17) is 0 Å². The summed E-state index contributed by atoms with van der Waals surface area (Å²) in [6, 6.07) is 8.60.